The Hall–Kier alpha value is -1.91. The number of hydrogen-bond donors (Lipinski definition) is 1. The van der Waals surface area contributed by atoms with Crippen LogP contribution in [0.5, 0.6) is 0 Å². The number of aromatic nitrogens is 4. The van der Waals surface area contributed by atoms with E-state index in [-0.39, 0.29) is 49.3 Å². The first-order valence-electron chi connectivity index (χ1n) is 10.4. The van der Waals surface area contributed by atoms with Crippen molar-refractivity contribution >= 4 is 42.4 Å². The van der Waals surface area contributed by atoms with Crippen LogP contribution in [-0.2, 0) is 24.6 Å². The number of nitrogens with zero attached hydrogens (tertiary/aromatic N) is 4. The van der Waals surface area contributed by atoms with Gasteiger partial charge in [0.05, 0.1) is 6.54 Å². The molecule has 174 valence electrons. The highest BCUT2D eigenvalue weighted by Crippen LogP contribution is 2.19. The lowest BCUT2D eigenvalue weighted by atomic mass is 10.2. The molecule has 0 saturated heterocycles. The predicted molar refractivity (Wildman–Crippen MR) is 130 cm³/mol. The Labute approximate surface area is 197 Å². The van der Waals surface area contributed by atoms with Crippen molar-refractivity contribution in [1.29, 1.82) is 0 Å². The van der Waals surface area contributed by atoms with E-state index in [1.165, 1.54) is 4.57 Å². The number of ether oxygens (including phenoxy) is 1. The number of halogens is 2. The molecule has 3 rings (SSSR count). The molecule has 0 fully saturated rings. The Morgan fingerprint density at radius 2 is 1.75 bits per heavy atom. The summed E-state index contributed by atoms with van der Waals surface area (Å²) in [5, 5.41) is 9.92. The Morgan fingerprint density at radius 1 is 1.06 bits per heavy atom. The largest absolute Gasteiger partial charge is 0.396 e. The summed E-state index contributed by atoms with van der Waals surface area (Å²) in [4.78, 5) is 30.7. The summed E-state index contributed by atoms with van der Waals surface area (Å²) in [6, 6.07) is 8.13. The van der Waals surface area contributed by atoms with E-state index in [9.17, 15) is 14.7 Å². The van der Waals surface area contributed by atoms with E-state index in [4.69, 9.17) is 27.9 Å². The summed E-state index contributed by atoms with van der Waals surface area (Å²) in [6.07, 6.45) is 0.274. The molecule has 0 aliphatic rings. The third-order valence-corrected chi connectivity index (χ3v) is 7.32. The minimum absolute atomic E-state index is 0.0342. The van der Waals surface area contributed by atoms with Crippen LogP contribution in [-0.4, -0.2) is 45.1 Å². The minimum Gasteiger partial charge on any atom is -0.396 e. The van der Waals surface area contributed by atoms with Gasteiger partial charge < -0.3 is 14.4 Å². The SMILES string of the molecule is C[Si](C)(C)CCOCn1c(=O)n(CCCO)c(=O)c2c1nc(Cl)n2Cc1ccc(Cl)cc1. The average molecular weight is 499 g/mol. The van der Waals surface area contributed by atoms with Gasteiger partial charge in [-0.25, -0.2) is 4.79 Å². The average Bonchev–Trinajstić information content (AvgIpc) is 3.04. The third kappa shape index (κ3) is 5.71. The quantitative estimate of drug-likeness (QED) is 0.262. The second-order valence-electron chi connectivity index (χ2n) is 8.86. The first kappa shape index (κ1) is 24.7. The highest BCUT2D eigenvalue weighted by atomic mass is 35.5. The minimum atomic E-state index is -1.30. The smallest absolute Gasteiger partial charge is 0.334 e. The highest BCUT2D eigenvalue weighted by Gasteiger charge is 2.21. The molecule has 0 amide bonds. The summed E-state index contributed by atoms with van der Waals surface area (Å²) in [5.74, 6) is 0. The van der Waals surface area contributed by atoms with Gasteiger partial charge in [0.15, 0.2) is 11.2 Å². The topological polar surface area (TPSA) is 91.3 Å². The summed E-state index contributed by atoms with van der Waals surface area (Å²) in [6.45, 7) is 7.45. The number of rotatable bonds is 10. The molecule has 0 spiro atoms. The molecular formula is C21H28Cl2N4O4Si. The van der Waals surface area contributed by atoms with Gasteiger partial charge in [0.25, 0.3) is 5.56 Å². The van der Waals surface area contributed by atoms with Crippen LogP contribution in [0.4, 0.5) is 0 Å². The monoisotopic (exact) mass is 498 g/mol. The number of fused-ring (bicyclic) bond motifs is 1. The normalized spacial score (nSPS) is 12.1. The van der Waals surface area contributed by atoms with Crippen molar-refractivity contribution in [3.63, 3.8) is 0 Å². The van der Waals surface area contributed by atoms with Crippen molar-refractivity contribution in [3.05, 3.63) is 61.0 Å². The van der Waals surface area contributed by atoms with E-state index in [2.05, 4.69) is 24.6 Å². The molecule has 1 N–H and O–H groups in total. The van der Waals surface area contributed by atoms with Crippen molar-refractivity contribution in [2.45, 2.75) is 51.9 Å². The maximum absolute atomic E-state index is 13.2. The Balaban J connectivity index is 2.07. The first-order chi connectivity index (χ1) is 15.1. The zero-order chi connectivity index (χ0) is 23.5. The molecule has 2 heterocycles. The molecule has 1 aromatic carbocycles. The lowest BCUT2D eigenvalue weighted by Gasteiger charge is -2.16. The molecule has 0 atom stereocenters. The van der Waals surface area contributed by atoms with Crippen molar-refractivity contribution in [1.82, 2.24) is 18.7 Å². The zero-order valence-electron chi connectivity index (χ0n) is 18.5. The highest BCUT2D eigenvalue weighted by molar-refractivity contribution is 6.76. The fraction of sp³-hybridized carbons (Fsp3) is 0.476. The molecule has 32 heavy (non-hydrogen) atoms. The number of hydrogen-bond acceptors (Lipinski definition) is 5. The fourth-order valence-corrected chi connectivity index (χ4v) is 4.36. The fourth-order valence-electron chi connectivity index (χ4n) is 3.26. The van der Waals surface area contributed by atoms with E-state index < -0.39 is 19.3 Å². The van der Waals surface area contributed by atoms with Crippen LogP contribution in [0.1, 0.15) is 12.0 Å². The number of benzene rings is 1. The van der Waals surface area contributed by atoms with E-state index in [0.29, 0.717) is 11.6 Å². The van der Waals surface area contributed by atoms with Gasteiger partial charge in [-0.15, -0.1) is 0 Å². The van der Waals surface area contributed by atoms with Crippen molar-refractivity contribution in [2.24, 2.45) is 0 Å². The number of aliphatic hydroxyl groups is 1. The standard InChI is InChI=1S/C21H28Cl2N4O4Si/c1-32(2,3)12-11-31-14-27-18-17(19(29)25(21(27)30)9-4-10-28)26(20(23)24-18)13-15-5-7-16(22)8-6-15/h5-8,28H,4,9-14H2,1-3H3. The molecule has 8 nitrogen and oxygen atoms in total. The Bertz CT molecular complexity index is 1200. The molecule has 0 radical (unpaired) electrons. The van der Waals surface area contributed by atoms with Crippen LogP contribution >= 0.6 is 23.2 Å². The zero-order valence-corrected chi connectivity index (χ0v) is 21.0. The molecule has 0 aliphatic carbocycles. The molecule has 2 aromatic heterocycles. The van der Waals surface area contributed by atoms with Crippen molar-refractivity contribution < 1.29 is 9.84 Å². The molecular weight excluding hydrogens is 471 g/mol. The molecule has 0 aliphatic heterocycles. The van der Waals surface area contributed by atoms with E-state index >= 15 is 0 Å². The van der Waals surface area contributed by atoms with Crippen LogP contribution < -0.4 is 11.2 Å². The van der Waals surface area contributed by atoms with Crippen LogP contribution in [0.2, 0.25) is 36.0 Å². The summed E-state index contributed by atoms with van der Waals surface area (Å²) < 4.78 is 9.81. The first-order valence-corrected chi connectivity index (χ1v) is 14.9. The Kier molecular flexibility index (Phi) is 8.00. The number of imidazole rings is 1. The summed E-state index contributed by atoms with van der Waals surface area (Å²) >= 11 is 12.4. The summed E-state index contributed by atoms with van der Waals surface area (Å²) in [7, 11) is -1.30. The second kappa shape index (κ2) is 10.3. The molecule has 11 heteroatoms. The Morgan fingerprint density at radius 3 is 2.38 bits per heavy atom. The maximum atomic E-state index is 13.2. The third-order valence-electron chi connectivity index (χ3n) is 5.08. The van der Waals surface area contributed by atoms with Gasteiger partial charge in [-0.3, -0.25) is 13.9 Å². The second-order valence-corrected chi connectivity index (χ2v) is 15.3. The van der Waals surface area contributed by atoms with Gasteiger partial charge in [-0.1, -0.05) is 43.4 Å². The summed E-state index contributed by atoms with van der Waals surface area (Å²) in [5.41, 5.74) is 0.256. The van der Waals surface area contributed by atoms with Crippen LogP contribution in [0.25, 0.3) is 11.2 Å². The van der Waals surface area contributed by atoms with Gasteiger partial charge in [-0.2, -0.15) is 4.98 Å². The molecule has 3 aromatic rings. The molecule has 0 unspecified atom stereocenters. The van der Waals surface area contributed by atoms with Crippen molar-refractivity contribution in [3.8, 4) is 0 Å². The maximum Gasteiger partial charge on any atom is 0.334 e. The van der Waals surface area contributed by atoms with Gasteiger partial charge in [0.2, 0.25) is 5.28 Å². The van der Waals surface area contributed by atoms with Gasteiger partial charge >= 0.3 is 5.69 Å². The molecule has 0 saturated carbocycles. The van der Waals surface area contributed by atoms with Gasteiger partial charge in [0.1, 0.15) is 6.73 Å². The van der Waals surface area contributed by atoms with Crippen LogP contribution in [0.3, 0.4) is 0 Å². The lowest BCUT2D eigenvalue weighted by molar-refractivity contribution is 0.0853. The van der Waals surface area contributed by atoms with Gasteiger partial charge in [-0.05, 0) is 41.8 Å². The number of aliphatic hydroxyl groups excluding tert-OH is 1. The predicted octanol–water partition coefficient (Wildman–Crippen LogP) is 3.41. The van der Waals surface area contributed by atoms with Crippen LogP contribution in [0.15, 0.2) is 33.9 Å². The van der Waals surface area contributed by atoms with E-state index in [0.717, 1.165) is 16.2 Å². The van der Waals surface area contributed by atoms with Crippen LogP contribution in [0, 0.1) is 0 Å². The van der Waals surface area contributed by atoms with Gasteiger partial charge in [0, 0.05) is 32.9 Å². The van der Waals surface area contributed by atoms with E-state index in [1.807, 2.05) is 12.1 Å². The van der Waals surface area contributed by atoms with Crippen molar-refractivity contribution in [2.75, 3.05) is 13.2 Å². The molecule has 0 bridgehead atoms. The lowest BCUT2D eigenvalue weighted by Crippen LogP contribution is -2.41. The van der Waals surface area contributed by atoms with E-state index in [1.54, 1.807) is 16.7 Å².